The molecule has 2 unspecified atom stereocenters. The summed E-state index contributed by atoms with van der Waals surface area (Å²) in [5.74, 6) is -4.44. The van der Waals surface area contributed by atoms with Gasteiger partial charge in [0.1, 0.15) is 21.6 Å². The van der Waals surface area contributed by atoms with Crippen LogP contribution in [0.15, 0.2) is 47.4 Å². The fraction of sp³-hybridized carbons (Fsp3) is 0.421. The predicted octanol–water partition coefficient (Wildman–Crippen LogP) is 1.85. The first kappa shape index (κ1) is 25.1. The average molecular weight is 613 g/mol. The molecule has 34 heavy (non-hydrogen) atoms. The third-order valence-corrected chi connectivity index (χ3v) is 7.22. The Balaban J connectivity index is 1.52. The number of nitrogens with zero attached hydrogens (tertiary/aromatic N) is 2. The van der Waals surface area contributed by atoms with E-state index >= 15 is 0 Å². The maximum atomic E-state index is 14.8. The van der Waals surface area contributed by atoms with Gasteiger partial charge in [-0.2, -0.15) is 18.9 Å². The van der Waals surface area contributed by atoms with Crippen LogP contribution in [0.3, 0.4) is 0 Å². The summed E-state index contributed by atoms with van der Waals surface area (Å²) in [5, 5.41) is 12.6. The monoisotopic (exact) mass is 613 g/mol. The minimum Gasteiger partial charge on any atom is -0.464 e. The molecule has 2 saturated heterocycles. The Bertz CT molecular complexity index is 1150. The summed E-state index contributed by atoms with van der Waals surface area (Å²) in [4.78, 5) is 27.5. The van der Waals surface area contributed by atoms with Crippen molar-refractivity contribution in [2.24, 2.45) is 0 Å². The molecule has 0 saturated carbocycles. The Labute approximate surface area is 205 Å². The standard InChI is InChI=1S/C19H19F2IN3O8P/c20-19(21)15(26)13(32-17(19)25-8-6-14(22)23-18(25)28)10-31-34(29,24-12-7-9-30-16(12)27)33-11-4-2-1-3-5-11/h1-6,8,12-13,15,17,26H,7,9-10H2,(H,24,29)/t12-,13?,15+,17+,34?/m0/s1. The highest BCUT2D eigenvalue weighted by atomic mass is 127. The summed E-state index contributed by atoms with van der Waals surface area (Å²) in [6.45, 7) is -0.711. The highest BCUT2D eigenvalue weighted by Gasteiger charge is 2.60. The molecule has 2 aliphatic rings. The molecule has 15 heteroatoms. The van der Waals surface area contributed by atoms with Gasteiger partial charge in [-0.1, -0.05) is 18.2 Å². The van der Waals surface area contributed by atoms with E-state index in [0.717, 1.165) is 6.20 Å². The van der Waals surface area contributed by atoms with Crippen LogP contribution in [0.5, 0.6) is 5.75 Å². The fourth-order valence-electron chi connectivity index (χ4n) is 3.36. The zero-order valence-electron chi connectivity index (χ0n) is 17.3. The molecule has 5 atom stereocenters. The van der Waals surface area contributed by atoms with Gasteiger partial charge in [0.15, 0.2) is 6.10 Å². The molecule has 0 amide bonds. The van der Waals surface area contributed by atoms with E-state index in [1.54, 1.807) is 40.8 Å². The van der Waals surface area contributed by atoms with E-state index in [-0.39, 0.29) is 22.5 Å². The Kier molecular flexibility index (Phi) is 7.36. The molecule has 0 spiro atoms. The van der Waals surface area contributed by atoms with E-state index < -0.39 is 56.4 Å². The number of benzene rings is 1. The molecule has 1 aromatic carbocycles. The van der Waals surface area contributed by atoms with Gasteiger partial charge in [-0.3, -0.25) is 13.9 Å². The van der Waals surface area contributed by atoms with Crippen molar-refractivity contribution in [3.05, 3.63) is 56.8 Å². The average Bonchev–Trinajstić information content (AvgIpc) is 3.28. The highest BCUT2D eigenvalue weighted by molar-refractivity contribution is 14.1. The molecular weight excluding hydrogens is 594 g/mol. The summed E-state index contributed by atoms with van der Waals surface area (Å²) in [6, 6.07) is 8.17. The SMILES string of the molecule is O=C1OCC[C@@H]1NP(=O)(OCC1O[C@@H](n2ccc(I)nc2=O)C(F)(F)[C@@H]1O)Oc1ccccc1. The summed E-state index contributed by atoms with van der Waals surface area (Å²) in [6.07, 6.45) is -4.99. The van der Waals surface area contributed by atoms with Gasteiger partial charge in [0.05, 0.1) is 13.2 Å². The van der Waals surface area contributed by atoms with Crippen LogP contribution in [0, 0.1) is 3.70 Å². The van der Waals surface area contributed by atoms with Crippen molar-refractivity contribution < 1.29 is 41.8 Å². The summed E-state index contributed by atoms with van der Waals surface area (Å²) in [7, 11) is -4.33. The number of aromatic nitrogens is 2. The van der Waals surface area contributed by atoms with Gasteiger partial charge in [-0.05, 0) is 40.8 Å². The molecule has 4 rings (SSSR count). The molecule has 11 nitrogen and oxygen atoms in total. The molecule has 2 fully saturated rings. The summed E-state index contributed by atoms with van der Waals surface area (Å²) in [5.41, 5.74) is -0.996. The number of esters is 1. The van der Waals surface area contributed by atoms with Crippen LogP contribution in [0.2, 0.25) is 0 Å². The molecule has 3 heterocycles. The molecule has 2 N–H and O–H groups in total. The van der Waals surface area contributed by atoms with Crippen molar-refractivity contribution in [3.63, 3.8) is 0 Å². The van der Waals surface area contributed by atoms with Crippen molar-refractivity contribution >= 4 is 36.3 Å². The lowest BCUT2D eigenvalue weighted by atomic mass is 10.1. The van der Waals surface area contributed by atoms with Crippen LogP contribution in [-0.2, 0) is 23.4 Å². The van der Waals surface area contributed by atoms with Gasteiger partial charge in [0, 0.05) is 12.6 Å². The van der Waals surface area contributed by atoms with Gasteiger partial charge in [-0.25, -0.2) is 9.36 Å². The zero-order valence-corrected chi connectivity index (χ0v) is 20.3. The topological polar surface area (TPSA) is 138 Å². The number of hydrogen-bond acceptors (Lipinski definition) is 9. The molecule has 0 bridgehead atoms. The van der Waals surface area contributed by atoms with Crippen LogP contribution < -0.4 is 15.3 Å². The van der Waals surface area contributed by atoms with Crippen molar-refractivity contribution in [1.29, 1.82) is 0 Å². The number of carbonyl (C=O) groups is 1. The third-order valence-electron chi connectivity index (χ3n) is 5.05. The lowest BCUT2D eigenvalue weighted by Gasteiger charge is -2.23. The van der Waals surface area contributed by atoms with E-state index in [1.807, 2.05) is 0 Å². The first-order valence-electron chi connectivity index (χ1n) is 9.99. The van der Waals surface area contributed by atoms with Crippen LogP contribution in [0.25, 0.3) is 0 Å². The van der Waals surface area contributed by atoms with Crippen LogP contribution in [0.1, 0.15) is 12.6 Å². The van der Waals surface area contributed by atoms with Gasteiger partial charge in [0.25, 0.3) is 0 Å². The van der Waals surface area contributed by atoms with Crippen molar-refractivity contribution in [3.8, 4) is 5.75 Å². The van der Waals surface area contributed by atoms with Crippen LogP contribution in [-0.4, -0.2) is 58.0 Å². The first-order valence-corrected chi connectivity index (χ1v) is 12.6. The number of aliphatic hydroxyl groups is 1. The van der Waals surface area contributed by atoms with Crippen molar-refractivity contribution in [1.82, 2.24) is 14.6 Å². The molecule has 1 aromatic heterocycles. The Morgan fingerprint density at radius 2 is 2.03 bits per heavy atom. The first-order chi connectivity index (χ1) is 16.1. The van der Waals surface area contributed by atoms with E-state index in [9.17, 15) is 28.0 Å². The van der Waals surface area contributed by atoms with Crippen molar-refractivity contribution in [2.45, 2.75) is 36.8 Å². The maximum absolute atomic E-state index is 14.8. The second-order valence-electron chi connectivity index (χ2n) is 7.42. The molecule has 184 valence electrons. The normalized spacial score (nSPS) is 27.8. The molecule has 2 aliphatic heterocycles. The number of para-hydroxylation sites is 1. The molecule has 2 aromatic rings. The number of rotatable bonds is 8. The molecule has 0 aliphatic carbocycles. The van der Waals surface area contributed by atoms with E-state index in [0.29, 0.717) is 4.57 Å². The Morgan fingerprint density at radius 3 is 2.68 bits per heavy atom. The number of nitrogens with one attached hydrogen (secondary N) is 1. The number of ether oxygens (including phenoxy) is 2. The van der Waals surface area contributed by atoms with Gasteiger partial charge in [0.2, 0.25) is 6.23 Å². The zero-order chi connectivity index (χ0) is 24.5. The van der Waals surface area contributed by atoms with Crippen molar-refractivity contribution in [2.75, 3.05) is 13.2 Å². The number of cyclic esters (lactones) is 1. The second kappa shape index (κ2) is 9.95. The van der Waals surface area contributed by atoms with Crippen LogP contribution in [0.4, 0.5) is 8.78 Å². The van der Waals surface area contributed by atoms with E-state index in [1.165, 1.54) is 18.2 Å². The minimum absolute atomic E-state index is 0.0962. The summed E-state index contributed by atoms with van der Waals surface area (Å²) >= 11 is 1.75. The Hall–Kier alpha value is -1.97. The number of carbonyl (C=O) groups excluding carboxylic acids is 1. The number of hydrogen-bond donors (Lipinski definition) is 2. The smallest absolute Gasteiger partial charge is 0.459 e. The van der Waals surface area contributed by atoms with Crippen LogP contribution >= 0.6 is 30.3 Å². The Morgan fingerprint density at radius 1 is 1.29 bits per heavy atom. The van der Waals surface area contributed by atoms with E-state index in [4.69, 9.17) is 18.5 Å². The largest absolute Gasteiger partial charge is 0.464 e. The highest BCUT2D eigenvalue weighted by Crippen LogP contribution is 2.48. The second-order valence-corrected chi connectivity index (χ2v) is 10.2. The quantitative estimate of drug-likeness (QED) is 0.197. The number of alkyl halides is 2. The van der Waals surface area contributed by atoms with Gasteiger partial charge < -0.3 is 19.1 Å². The van der Waals surface area contributed by atoms with Gasteiger partial charge >= 0.3 is 25.3 Å². The number of aliphatic hydroxyl groups excluding tert-OH is 1. The predicted molar refractivity (Wildman–Crippen MR) is 119 cm³/mol. The lowest BCUT2D eigenvalue weighted by molar-refractivity contribution is -0.141. The minimum atomic E-state index is -4.33. The fourth-order valence-corrected chi connectivity index (χ4v) is 5.27. The van der Waals surface area contributed by atoms with Gasteiger partial charge in [-0.15, -0.1) is 0 Å². The lowest BCUT2D eigenvalue weighted by Crippen LogP contribution is -2.42. The third kappa shape index (κ3) is 5.31. The number of halogens is 3. The summed E-state index contributed by atoms with van der Waals surface area (Å²) < 4.78 is 64.6. The molecule has 0 radical (unpaired) electrons. The molecular formula is C19H19F2IN3O8P. The maximum Gasteiger partial charge on any atom is 0.459 e. The van der Waals surface area contributed by atoms with E-state index in [2.05, 4.69) is 10.1 Å².